The van der Waals surface area contributed by atoms with Crippen LogP contribution in [0.2, 0.25) is 0 Å². The van der Waals surface area contributed by atoms with E-state index in [-0.39, 0.29) is 12.1 Å². The lowest BCUT2D eigenvalue weighted by Crippen LogP contribution is -2.37. The Kier molecular flexibility index (Phi) is 5.66. The van der Waals surface area contributed by atoms with Crippen LogP contribution in [0.4, 0.5) is 10.5 Å². The second kappa shape index (κ2) is 7.70. The molecule has 1 heterocycles. The number of thiophene rings is 1. The molecule has 22 heavy (non-hydrogen) atoms. The van der Waals surface area contributed by atoms with Crippen LogP contribution in [0.3, 0.4) is 0 Å². The third kappa shape index (κ3) is 4.14. The Balaban J connectivity index is 1.97. The summed E-state index contributed by atoms with van der Waals surface area (Å²) in [6, 6.07) is 9.18. The molecule has 2 N–H and O–H groups in total. The molecule has 0 aliphatic rings. The lowest BCUT2D eigenvalue weighted by Gasteiger charge is -2.16. The highest BCUT2D eigenvalue weighted by Crippen LogP contribution is 2.34. The number of carbonyl (C=O) groups excluding carboxylic acids is 1. The molecule has 0 aliphatic carbocycles. The molecule has 1 unspecified atom stereocenters. The Morgan fingerprint density at radius 3 is 2.68 bits per heavy atom. The average Bonchev–Trinajstić information content (AvgIpc) is 2.99. The zero-order chi connectivity index (χ0) is 15.9. The lowest BCUT2D eigenvalue weighted by atomic mass is 10.2. The van der Waals surface area contributed by atoms with Gasteiger partial charge in [-0.1, -0.05) is 12.1 Å². The standard InChI is InChI=1S/C16H20N2O3S/c1-11(10-12-6-5-9-22-12)17-16(19)18-13-7-4-8-14(20-2)15(13)21-3/h4-9,11H,10H2,1-3H3,(H2,17,18,19). The topological polar surface area (TPSA) is 59.6 Å². The number of hydrogen-bond acceptors (Lipinski definition) is 4. The van der Waals surface area contributed by atoms with Crippen LogP contribution >= 0.6 is 11.3 Å². The van der Waals surface area contributed by atoms with E-state index in [9.17, 15) is 4.79 Å². The van der Waals surface area contributed by atoms with E-state index in [0.717, 1.165) is 6.42 Å². The first-order valence-electron chi connectivity index (χ1n) is 6.95. The molecule has 0 radical (unpaired) electrons. The van der Waals surface area contributed by atoms with Crippen molar-refractivity contribution in [3.63, 3.8) is 0 Å². The van der Waals surface area contributed by atoms with Crippen molar-refractivity contribution >= 4 is 23.1 Å². The Labute approximate surface area is 134 Å². The van der Waals surface area contributed by atoms with Gasteiger partial charge in [0.2, 0.25) is 0 Å². The summed E-state index contributed by atoms with van der Waals surface area (Å²) in [5, 5.41) is 7.74. The fourth-order valence-electron chi connectivity index (χ4n) is 2.15. The number of hydrogen-bond donors (Lipinski definition) is 2. The van der Waals surface area contributed by atoms with Gasteiger partial charge in [0.15, 0.2) is 11.5 Å². The molecule has 5 nitrogen and oxygen atoms in total. The molecule has 0 fully saturated rings. The fourth-order valence-corrected chi connectivity index (χ4v) is 2.98. The van der Waals surface area contributed by atoms with Crippen molar-refractivity contribution < 1.29 is 14.3 Å². The molecule has 2 rings (SSSR count). The first-order valence-corrected chi connectivity index (χ1v) is 7.83. The van der Waals surface area contributed by atoms with Crippen molar-refractivity contribution in [2.45, 2.75) is 19.4 Å². The third-order valence-electron chi connectivity index (χ3n) is 3.12. The van der Waals surface area contributed by atoms with Crippen LogP contribution in [0.25, 0.3) is 0 Å². The largest absolute Gasteiger partial charge is 0.493 e. The van der Waals surface area contributed by atoms with Crippen molar-refractivity contribution in [3.05, 3.63) is 40.6 Å². The SMILES string of the molecule is COc1cccc(NC(=O)NC(C)Cc2cccs2)c1OC. The molecule has 118 valence electrons. The van der Waals surface area contributed by atoms with E-state index >= 15 is 0 Å². The van der Waals surface area contributed by atoms with Crippen LogP contribution in [0, 0.1) is 0 Å². The molecule has 1 atom stereocenters. The number of amides is 2. The second-order valence-electron chi connectivity index (χ2n) is 4.82. The van der Waals surface area contributed by atoms with Gasteiger partial charge in [-0.05, 0) is 30.5 Å². The van der Waals surface area contributed by atoms with Gasteiger partial charge in [0.1, 0.15) is 0 Å². The zero-order valence-corrected chi connectivity index (χ0v) is 13.7. The highest BCUT2D eigenvalue weighted by molar-refractivity contribution is 7.09. The average molecular weight is 320 g/mol. The zero-order valence-electron chi connectivity index (χ0n) is 12.9. The molecular weight excluding hydrogens is 300 g/mol. The van der Waals surface area contributed by atoms with Crippen LogP contribution < -0.4 is 20.1 Å². The van der Waals surface area contributed by atoms with Gasteiger partial charge in [0, 0.05) is 17.3 Å². The summed E-state index contributed by atoms with van der Waals surface area (Å²) in [7, 11) is 3.10. The molecule has 0 spiro atoms. The summed E-state index contributed by atoms with van der Waals surface area (Å²) >= 11 is 1.69. The van der Waals surface area contributed by atoms with Crippen LogP contribution in [0.1, 0.15) is 11.8 Å². The number of ether oxygens (including phenoxy) is 2. The minimum atomic E-state index is -0.268. The summed E-state index contributed by atoms with van der Waals surface area (Å²) in [5.74, 6) is 1.08. The second-order valence-corrected chi connectivity index (χ2v) is 5.86. The van der Waals surface area contributed by atoms with Crippen LogP contribution in [-0.2, 0) is 6.42 Å². The maximum Gasteiger partial charge on any atom is 0.319 e. The van der Waals surface area contributed by atoms with Gasteiger partial charge in [0.25, 0.3) is 0 Å². The van der Waals surface area contributed by atoms with Crippen molar-refractivity contribution in [1.29, 1.82) is 0 Å². The first-order chi connectivity index (χ1) is 10.6. The van der Waals surface area contributed by atoms with Gasteiger partial charge >= 0.3 is 6.03 Å². The smallest absolute Gasteiger partial charge is 0.319 e. The van der Waals surface area contributed by atoms with Gasteiger partial charge in [-0.15, -0.1) is 11.3 Å². The predicted octanol–water partition coefficient (Wildman–Crippen LogP) is 3.52. The van der Waals surface area contributed by atoms with E-state index < -0.39 is 0 Å². The van der Waals surface area contributed by atoms with Crippen LogP contribution in [0.5, 0.6) is 11.5 Å². The number of para-hydroxylation sites is 1. The van der Waals surface area contributed by atoms with E-state index in [1.165, 1.54) is 4.88 Å². The number of nitrogens with one attached hydrogen (secondary N) is 2. The van der Waals surface area contributed by atoms with Crippen molar-refractivity contribution in [1.82, 2.24) is 5.32 Å². The Morgan fingerprint density at radius 1 is 1.23 bits per heavy atom. The number of methoxy groups -OCH3 is 2. The summed E-state index contributed by atoms with van der Waals surface area (Å²) in [6.07, 6.45) is 0.806. The van der Waals surface area contributed by atoms with E-state index in [0.29, 0.717) is 17.2 Å². The number of benzene rings is 1. The van der Waals surface area contributed by atoms with Gasteiger partial charge in [-0.3, -0.25) is 0 Å². The van der Waals surface area contributed by atoms with E-state index in [2.05, 4.69) is 16.7 Å². The molecule has 2 amide bonds. The third-order valence-corrected chi connectivity index (χ3v) is 4.01. The fraction of sp³-hybridized carbons (Fsp3) is 0.312. The number of carbonyl (C=O) groups is 1. The summed E-state index contributed by atoms with van der Waals surface area (Å²) < 4.78 is 10.5. The van der Waals surface area contributed by atoms with Crippen molar-refractivity contribution in [2.75, 3.05) is 19.5 Å². The van der Waals surface area contributed by atoms with Gasteiger partial charge in [0.05, 0.1) is 19.9 Å². The van der Waals surface area contributed by atoms with Crippen LogP contribution in [-0.4, -0.2) is 26.3 Å². The molecular formula is C16H20N2O3S. The first kappa shape index (κ1) is 16.2. The Hall–Kier alpha value is -2.21. The number of rotatable bonds is 6. The molecule has 2 aromatic rings. The van der Waals surface area contributed by atoms with E-state index in [4.69, 9.17) is 9.47 Å². The highest BCUT2D eigenvalue weighted by Gasteiger charge is 2.13. The maximum atomic E-state index is 12.1. The molecule has 0 saturated carbocycles. The van der Waals surface area contributed by atoms with Gasteiger partial charge in [-0.2, -0.15) is 0 Å². The minimum Gasteiger partial charge on any atom is -0.493 e. The molecule has 1 aromatic heterocycles. The molecule has 1 aromatic carbocycles. The molecule has 6 heteroatoms. The van der Waals surface area contributed by atoms with Crippen molar-refractivity contribution in [3.8, 4) is 11.5 Å². The Bertz CT molecular complexity index is 614. The highest BCUT2D eigenvalue weighted by atomic mass is 32.1. The van der Waals surface area contributed by atoms with Crippen molar-refractivity contribution in [2.24, 2.45) is 0 Å². The van der Waals surface area contributed by atoms with E-state index in [1.807, 2.05) is 18.4 Å². The number of anilines is 1. The Morgan fingerprint density at radius 2 is 2.05 bits per heavy atom. The number of urea groups is 1. The maximum absolute atomic E-state index is 12.1. The molecule has 0 bridgehead atoms. The minimum absolute atomic E-state index is 0.0373. The predicted molar refractivity (Wildman–Crippen MR) is 89.2 cm³/mol. The molecule has 0 saturated heterocycles. The summed E-state index contributed by atoms with van der Waals surface area (Å²) in [5.41, 5.74) is 0.572. The lowest BCUT2D eigenvalue weighted by molar-refractivity contribution is 0.249. The normalized spacial score (nSPS) is 11.6. The quantitative estimate of drug-likeness (QED) is 0.856. The molecule has 0 aliphatic heterocycles. The van der Waals surface area contributed by atoms with Gasteiger partial charge < -0.3 is 20.1 Å². The van der Waals surface area contributed by atoms with Crippen LogP contribution in [0.15, 0.2) is 35.7 Å². The van der Waals surface area contributed by atoms with Gasteiger partial charge in [-0.25, -0.2) is 4.79 Å². The monoisotopic (exact) mass is 320 g/mol. The van der Waals surface area contributed by atoms with E-state index in [1.54, 1.807) is 43.8 Å². The summed E-state index contributed by atoms with van der Waals surface area (Å²) in [6.45, 7) is 1.97. The summed E-state index contributed by atoms with van der Waals surface area (Å²) in [4.78, 5) is 13.3.